The van der Waals surface area contributed by atoms with Gasteiger partial charge >= 0.3 is 12.2 Å². The van der Waals surface area contributed by atoms with E-state index in [2.05, 4.69) is 15.2 Å². The number of rotatable bonds is 4. The Labute approximate surface area is 172 Å². The molecule has 1 aliphatic rings. The van der Waals surface area contributed by atoms with Crippen LogP contribution in [0.15, 0.2) is 45.6 Å². The van der Waals surface area contributed by atoms with Crippen LogP contribution in [0.25, 0.3) is 0 Å². The van der Waals surface area contributed by atoms with Gasteiger partial charge in [-0.1, -0.05) is 30.3 Å². The second-order valence-electron chi connectivity index (χ2n) is 9.08. The first-order valence-electron chi connectivity index (χ1n) is 9.60. The normalized spacial score (nSPS) is 18.9. The van der Waals surface area contributed by atoms with Crippen LogP contribution in [0.5, 0.6) is 0 Å². The minimum atomic E-state index is -0.881. The number of carbonyl (C=O) groups excluding carboxylic acids is 2. The Morgan fingerprint density at radius 1 is 0.966 bits per heavy atom. The summed E-state index contributed by atoms with van der Waals surface area (Å²) in [4.78, 5) is 30.7. The summed E-state index contributed by atoms with van der Waals surface area (Å²) in [6.45, 7) is 12.3. The van der Waals surface area contributed by atoms with Gasteiger partial charge in [0.05, 0.1) is 0 Å². The smallest absolute Gasteiger partial charge is 0.419 e. The molecule has 0 aromatic heterocycles. The molecule has 1 aromatic rings. The van der Waals surface area contributed by atoms with Crippen LogP contribution in [0, 0.1) is 0 Å². The van der Waals surface area contributed by atoms with Crippen LogP contribution in [0.4, 0.5) is 9.59 Å². The average molecular weight is 402 g/mol. The molecular formula is C21H30N4O4. The molecule has 8 nitrogen and oxygen atoms in total. The highest BCUT2D eigenvalue weighted by molar-refractivity contribution is 6.00. The summed E-state index contributed by atoms with van der Waals surface area (Å²) < 4.78 is 10.7. The van der Waals surface area contributed by atoms with Crippen molar-refractivity contribution in [1.29, 1.82) is 0 Å². The monoisotopic (exact) mass is 402 g/mol. The van der Waals surface area contributed by atoms with Gasteiger partial charge < -0.3 is 9.47 Å². The Balaban J connectivity index is 2.14. The molecule has 1 unspecified atom stereocenters. The minimum absolute atomic E-state index is 0.0327. The summed E-state index contributed by atoms with van der Waals surface area (Å²) in [5, 5.41) is 8.43. The number of hydrogen-bond donors (Lipinski definition) is 0. The molecule has 0 saturated heterocycles. The summed E-state index contributed by atoms with van der Waals surface area (Å²) in [7, 11) is 0. The van der Waals surface area contributed by atoms with Gasteiger partial charge in [-0.25, -0.2) is 19.5 Å². The van der Waals surface area contributed by atoms with E-state index >= 15 is 0 Å². The second kappa shape index (κ2) is 8.31. The van der Waals surface area contributed by atoms with E-state index in [0.717, 1.165) is 10.5 Å². The number of amidine groups is 1. The molecule has 0 spiro atoms. The van der Waals surface area contributed by atoms with Crippen LogP contribution in [-0.2, 0) is 9.47 Å². The summed E-state index contributed by atoms with van der Waals surface area (Å²) in [6, 6.07) is 9.51. The lowest BCUT2D eigenvalue weighted by Crippen LogP contribution is -2.45. The van der Waals surface area contributed by atoms with Crippen LogP contribution < -0.4 is 0 Å². The largest absolute Gasteiger partial charge is 0.443 e. The van der Waals surface area contributed by atoms with E-state index in [4.69, 9.17) is 9.47 Å². The lowest BCUT2D eigenvalue weighted by molar-refractivity contribution is 0.000532. The highest BCUT2D eigenvalue weighted by atomic mass is 16.6. The molecule has 0 fully saturated rings. The Hall–Kier alpha value is -2.77. The fraction of sp³-hybridized carbons (Fsp3) is 0.571. The van der Waals surface area contributed by atoms with E-state index in [1.54, 1.807) is 48.5 Å². The molecule has 1 heterocycles. The molecule has 158 valence electrons. The first-order valence-corrected chi connectivity index (χ1v) is 9.60. The third kappa shape index (κ3) is 6.96. The zero-order chi connectivity index (χ0) is 21.9. The quantitative estimate of drug-likeness (QED) is 0.694. The van der Waals surface area contributed by atoms with Gasteiger partial charge in [-0.2, -0.15) is 5.11 Å². The van der Waals surface area contributed by atoms with Crippen molar-refractivity contribution >= 4 is 18.0 Å². The molecule has 0 bridgehead atoms. The maximum Gasteiger partial charge on any atom is 0.419 e. The van der Waals surface area contributed by atoms with Gasteiger partial charge in [-0.3, -0.25) is 0 Å². The predicted octanol–water partition coefficient (Wildman–Crippen LogP) is 5.18. The maximum absolute atomic E-state index is 12.6. The highest BCUT2D eigenvalue weighted by Crippen LogP contribution is 2.27. The molecule has 1 atom stereocenters. The molecule has 0 aliphatic carbocycles. The van der Waals surface area contributed by atoms with Crippen molar-refractivity contribution in [2.24, 2.45) is 15.2 Å². The van der Waals surface area contributed by atoms with Crippen LogP contribution in [0.1, 0.15) is 60.5 Å². The highest BCUT2D eigenvalue weighted by Gasteiger charge is 2.35. The van der Waals surface area contributed by atoms with Gasteiger partial charge in [0, 0.05) is 18.5 Å². The van der Waals surface area contributed by atoms with Gasteiger partial charge in [0.15, 0.2) is 11.5 Å². The molecule has 1 aliphatic heterocycles. The molecule has 1 aromatic carbocycles. The van der Waals surface area contributed by atoms with Crippen LogP contribution in [0.2, 0.25) is 0 Å². The first-order chi connectivity index (χ1) is 13.3. The van der Waals surface area contributed by atoms with E-state index in [0.29, 0.717) is 5.84 Å². The van der Waals surface area contributed by atoms with E-state index in [9.17, 15) is 9.59 Å². The van der Waals surface area contributed by atoms with Gasteiger partial charge in [-0.05, 0) is 48.5 Å². The lowest BCUT2D eigenvalue weighted by atomic mass is 10.1. The standard InChI is InChI=1S/C21H30N4O4/c1-19(2,3)28-17(26)25(18(27)29-20(4,5)6)14-13-21(7)22-16(23-24-21)15-11-9-8-10-12-15/h8-12H,13-14H2,1-7H3. The number of aliphatic imine (C=N–C) groups is 1. The van der Waals surface area contributed by atoms with Crippen LogP contribution in [0.3, 0.4) is 0 Å². The molecule has 0 saturated carbocycles. The van der Waals surface area contributed by atoms with Crippen molar-refractivity contribution < 1.29 is 19.1 Å². The fourth-order valence-electron chi connectivity index (χ4n) is 2.46. The van der Waals surface area contributed by atoms with Crippen molar-refractivity contribution in [3.63, 3.8) is 0 Å². The van der Waals surface area contributed by atoms with Crippen LogP contribution >= 0.6 is 0 Å². The molecule has 0 N–H and O–H groups in total. The lowest BCUT2D eigenvalue weighted by Gasteiger charge is -2.29. The number of nitrogens with zero attached hydrogens (tertiary/aromatic N) is 4. The number of ether oxygens (including phenoxy) is 2. The van der Waals surface area contributed by atoms with E-state index in [1.165, 1.54) is 0 Å². The molecule has 8 heteroatoms. The molecular weight excluding hydrogens is 372 g/mol. The Bertz CT molecular complexity index is 778. The first kappa shape index (κ1) is 22.5. The zero-order valence-corrected chi connectivity index (χ0v) is 18.2. The van der Waals surface area contributed by atoms with Crippen molar-refractivity contribution in [2.45, 2.75) is 71.8 Å². The Morgan fingerprint density at radius 3 is 1.97 bits per heavy atom. The Morgan fingerprint density at radius 2 is 1.48 bits per heavy atom. The summed E-state index contributed by atoms with van der Waals surface area (Å²) in [5.41, 5.74) is -1.51. The third-order valence-corrected chi connectivity index (χ3v) is 3.78. The number of amides is 2. The molecule has 2 amide bonds. The number of imide groups is 1. The summed E-state index contributed by atoms with van der Waals surface area (Å²) in [6.07, 6.45) is -1.25. The summed E-state index contributed by atoms with van der Waals surface area (Å²) >= 11 is 0. The molecule has 2 rings (SSSR count). The van der Waals surface area contributed by atoms with Crippen molar-refractivity contribution in [3.05, 3.63) is 35.9 Å². The fourth-order valence-corrected chi connectivity index (χ4v) is 2.46. The van der Waals surface area contributed by atoms with Crippen molar-refractivity contribution in [3.8, 4) is 0 Å². The van der Waals surface area contributed by atoms with Crippen LogP contribution in [-0.4, -0.2) is 46.3 Å². The second-order valence-corrected chi connectivity index (χ2v) is 9.08. The Kier molecular flexibility index (Phi) is 6.45. The zero-order valence-electron chi connectivity index (χ0n) is 18.2. The third-order valence-electron chi connectivity index (χ3n) is 3.78. The maximum atomic E-state index is 12.6. The van der Waals surface area contributed by atoms with Crippen molar-refractivity contribution in [2.75, 3.05) is 6.54 Å². The number of azo groups is 1. The SMILES string of the molecule is CC1(CCN(C(=O)OC(C)(C)C)C(=O)OC(C)(C)C)N=NC(c2ccccc2)=N1. The van der Waals surface area contributed by atoms with E-state index < -0.39 is 29.1 Å². The number of hydrogen-bond acceptors (Lipinski definition) is 7. The average Bonchev–Trinajstić information content (AvgIpc) is 2.95. The molecule has 0 radical (unpaired) electrons. The van der Waals surface area contributed by atoms with Crippen molar-refractivity contribution in [1.82, 2.24) is 4.90 Å². The summed E-state index contributed by atoms with van der Waals surface area (Å²) in [5.74, 6) is 0.522. The molecule has 29 heavy (non-hydrogen) atoms. The van der Waals surface area contributed by atoms with E-state index in [1.807, 2.05) is 30.3 Å². The van der Waals surface area contributed by atoms with Gasteiger partial charge in [0.1, 0.15) is 11.2 Å². The predicted molar refractivity (Wildman–Crippen MR) is 110 cm³/mol. The minimum Gasteiger partial charge on any atom is -0.443 e. The number of carbonyl (C=O) groups is 2. The van der Waals surface area contributed by atoms with Gasteiger partial charge in [0.25, 0.3) is 0 Å². The van der Waals surface area contributed by atoms with Gasteiger partial charge in [0.2, 0.25) is 0 Å². The van der Waals surface area contributed by atoms with Gasteiger partial charge in [-0.15, -0.1) is 5.11 Å². The number of benzene rings is 1. The topological polar surface area (TPSA) is 92.9 Å². The van der Waals surface area contributed by atoms with E-state index in [-0.39, 0.29) is 13.0 Å².